The Hall–Kier alpha value is -2.73. The Morgan fingerprint density at radius 3 is 2.11 bits per heavy atom. The molecule has 6 rings (SSSR count). The topological polar surface area (TPSA) is 109 Å². The van der Waals surface area contributed by atoms with Gasteiger partial charge in [0.1, 0.15) is 23.7 Å². The van der Waals surface area contributed by atoms with Crippen LogP contribution in [0.5, 0.6) is 5.75 Å². The molecule has 4 heterocycles. The minimum absolute atomic E-state index is 0.0528. The molecule has 0 radical (unpaired) electrons. The summed E-state index contributed by atoms with van der Waals surface area (Å²) in [7, 11) is 3.55. The molecule has 11 heteroatoms. The molecule has 2 aromatic heterocycles. The number of rotatable bonds is 12. The normalized spacial score (nSPS) is 21.8. The van der Waals surface area contributed by atoms with Gasteiger partial charge in [-0.15, -0.1) is 0 Å². The number of aldehydes is 1. The molecule has 0 atom stereocenters. The monoisotopic (exact) mass is 769 g/mol. The van der Waals surface area contributed by atoms with Gasteiger partial charge >= 0.3 is 0 Å². The van der Waals surface area contributed by atoms with Gasteiger partial charge in [-0.2, -0.15) is 11.8 Å². The van der Waals surface area contributed by atoms with Gasteiger partial charge in [-0.05, 0) is 86.5 Å². The van der Waals surface area contributed by atoms with Crippen LogP contribution in [0.4, 0.5) is 11.6 Å². The van der Waals surface area contributed by atoms with Gasteiger partial charge in [0.2, 0.25) is 5.91 Å². The number of nitrogens with zero attached hydrogens (tertiary/aromatic N) is 4. The first-order valence-corrected chi connectivity index (χ1v) is 21.8. The largest absolute Gasteiger partial charge is 0.495 e. The number of ether oxygens (including phenoxy) is 2. The summed E-state index contributed by atoms with van der Waals surface area (Å²) < 4.78 is 10.7. The van der Waals surface area contributed by atoms with Crippen molar-refractivity contribution in [2.45, 2.75) is 119 Å². The van der Waals surface area contributed by atoms with Crippen LogP contribution in [0.1, 0.15) is 122 Å². The van der Waals surface area contributed by atoms with Crippen molar-refractivity contribution in [2.75, 3.05) is 75.7 Å². The van der Waals surface area contributed by atoms with Crippen LogP contribution in [0, 0.1) is 16.7 Å². The molecule has 2 aliphatic heterocycles. The third-order valence-corrected chi connectivity index (χ3v) is 12.4. The number of hydrogen-bond donors (Lipinski definition) is 2. The van der Waals surface area contributed by atoms with E-state index in [9.17, 15) is 9.59 Å². The molecule has 10 nitrogen and oxygen atoms in total. The zero-order chi connectivity index (χ0) is 39.6. The highest BCUT2D eigenvalue weighted by Crippen LogP contribution is 2.42. The first kappa shape index (κ1) is 45.7. The quantitative estimate of drug-likeness (QED) is 0.204. The average Bonchev–Trinajstić information content (AvgIpc) is 4.06. The number of carbonyl (C=O) groups is 2. The summed E-state index contributed by atoms with van der Waals surface area (Å²) >= 11 is 2.04. The van der Waals surface area contributed by atoms with Crippen molar-refractivity contribution in [2.24, 2.45) is 16.7 Å². The zero-order valence-corrected chi connectivity index (χ0v) is 35.9. The van der Waals surface area contributed by atoms with E-state index in [-0.39, 0.29) is 16.7 Å². The average molecular weight is 769 g/mol. The summed E-state index contributed by atoms with van der Waals surface area (Å²) in [4.78, 5) is 36.9. The molecule has 4 fully saturated rings. The number of anilines is 2. The fraction of sp³-hybridized carbons (Fsp3) is 0.721. The molecule has 0 spiro atoms. The first-order valence-electron chi connectivity index (χ1n) is 20.6. The molecule has 54 heavy (non-hydrogen) atoms. The predicted molar refractivity (Wildman–Crippen MR) is 226 cm³/mol. The molecule has 2 N–H and O–H groups in total. The minimum Gasteiger partial charge on any atom is -0.495 e. The van der Waals surface area contributed by atoms with Gasteiger partial charge in [0.15, 0.2) is 0 Å². The van der Waals surface area contributed by atoms with E-state index in [2.05, 4.69) is 50.3 Å². The maximum absolute atomic E-state index is 12.4. The number of thioether (sulfide) groups is 1. The second-order valence-electron chi connectivity index (χ2n) is 15.7. The molecule has 1 amide bonds. The highest BCUT2D eigenvalue weighted by molar-refractivity contribution is 7.99. The van der Waals surface area contributed by atoms with Crippen LogP contribution in [-0.2, 0) is 27.4 Å². The van der Waals surface area contributed by atoms with Crippen molar-refractivity contribution in [1.29, 1.82) is 0 Å². The summed E-state index contributed by atoms with van der Waals surface area (Å²) in [6.45, 7) is 22.2. The minimum atomic E-state index is -0.360. The van der Waals surface area contributed by atoms with Crippen molar-refractivity contribution in [3.63, 3.8) is 0 Å². The van der Waals surface area contributed by atoms with Gasteiger partial charge in [0.05, 0.1) is 26.5 Å². The summed E-state index contributed by atoms with van der Waals surface area (Å²) in [5.74, 6) is 6.43. The van der Waals surface area contributed by atoms with Crippen molar-refractivity contribution < 1.29 is 19.1 Å². The SMILES string of the molecule is CC.CCC(C)(C)C(=O)Nc1cc(CN2CCSCC2)c(C2CC2)cn1.CCC1(C=O)CCC(C)CC1.CNc1cc(CN2CCOCC2)c(OC)cn1. The van der Waals surface area contributed by atoms with Gasteiger partial charge in [0, 0.05) is 80.4 Å². The maximum Gasteiger partial charge on any atom is 0.231 e. The first-order chi connectivity index (χ1) is 26.0. The van der Waals surface area contributed by atoms with E-state index in [1.54, 1.807) is 13.3 Å². The van der Waals surface area contributed by atoms with Crippen molar-refractivity contribution in [3.8, 4) is 5.75 Å². The maximum atomic E-state index is 12.4. The molecule has 2 aromatic rings. The Bertz CT molecular complexity index is 1400. The van der Waals surface area contributed by atoms with Crippen LogP contribution in [0.2, 0.25) is 0 Å². The Morgan fingerprint density at radius 2 is 1.56 bits per heavy atom. The number of pyridine rings is 2. The van der Waals surface area contributed by atoms with Crippen molar-refractivity contribution in [1.82, 2.24) is 19.8 Å². The highest BCUT2D eigenvalue weighted by atomic mass is 32.2. The number of nitrogens with one attached hydrogen (secondary N) is 2. The van der Waals surface area contributed by atoms with Crippen LogP contribution < -0.4 is 15.4 Å². The van der Waals surface area contributed by atoms with Gasteiger partial charge in [-0.1, -0.05) is 48.5 Å². The summed E-state index contributed by atoms with van der Waals surface area (Å²) in [6.07, 6.45) is 14.1. The Labute approximate surface area is 331 Å². The summed E-state index contributed by atoms with van der Waals surface area (Å²) in [6, 6.07) is 4.15. The van der Waals surface area contributed by atoms with Crippen LogP contribution in [0.15, 0.2) is 24.5 Å². The van der Waals surface area contributed by atoms with Gasteiger partial charge in [-0.25, -0.2) is 9.97 Å². The molecule has 4 aliphatic rings. The third kappa shape index (κ3) is 14.4. The number of carbonyl (C=O) groups excluding carboxylic acids is 2. The molecule has 2 saturated heterocycles. The number of amides is 1. The van der Waals surface area contributed by atoms with E-state index in [1.807, 2.05) is 65.7 Å². The molecular formula is C43H72N6O4S. The summed E-state index contributed by atoms with van der Waals surface area (Å²) in [5, 5.41) is 6.07. The third-order valence-electron chi connectivity index (χ3n) is 11.4. The fourth-order valence-corrected chi connectivity index (χ4v) is 7.72. The lowest BCUT2D eigenvalue weighted by atomic mass is 9.70. The van der Waals surface area contributed by atoms with E-state index in [4.69, 9.17) is 9.47 Å². The lowest BCUT2D eigenvalue weighted by molar-refractivity contribution is -0.124. The van der Waals surface area contributed by atoms with Crippen LogP contribution in [0.25, 0.3) is 0 Å². The van der Waals surface area contributed by atoms with E-state index >= 15 is 0 Å². The second kappa shape index (κ2) is 23.4. The second-order valence-corrected chi connectivity index (χ2v) is 16.9. The van der Waals surface area contributed by atoms with Crippen molar-refractivity contribution >= 4 is 35.6 Å². The van der Waals surface area contributed by atoms with E-state index in [0.717, 1.165) is 101 Å². The molecule has 0 unspecified atom stereocenters. The Morgan fingerprint density at radius 1 is 0.963 bits per heavy atom. The van der Waals surface area contributed by atoms with Crippen LogP contribution in [-0.4, -0.2) is 97.0 Å². The van der Waals surface area contributed by atoms with E-state index in [0.29, 0.717) is 11.7 Å². The van der Waals surface area contributed by atoms with E-state index in [1.165, 1.54) is 54.6 Å². The van der Waals surface area contributed by atoms with Gasteiger partial charge < -0.3 is 24.9 Å². The zero-order valence-electron chi connectivity index (χ0n) is 35.1. The molecule has 304 valence electrons. The fourth-order valence-electron chi connectivity index (χ4n) is 6.74. The van der Waals surface area contributed by atoms with Crippen LogP contribution >= 0.6 is 11.8 Å². The number of hydrogen-bond acceptors (Lipinski definition) is 10. The van der Waals surface area contributed by atoms with Crippen molar-refractivity contribution in [3.05, 3.63) is 41.2 Å². The standard InChI is InChI=1S/C19H29N3OS.C12H19N3O2.C10H18O.C2H6/c1-4-19(2,3)18(23)21-17-11-15(13-22-7-9-24-10-8-22)16(12-20-17)14-5-6-14;1-13-12-7-10(11(16-2)8-14-12)9-15-3-5-17-6-4-15;1-3-10(8-11)6-4-9(2)5-7-10;1-2/h11-12,14H,4-10,13H2,1-3H3,(H,20,21,23);7-8H,3-6,9H2,1-2H3,(H,13,14);8-9H,3-7H2,1-2H3;1-2H3. The molecule has 0 bridgehead atoms. The smallest absolute Gasteiger partial charge is 0.231 e. The lowest BCUT2D eigenvalue weighted by Gasteiger charge is -2.33. The lowest BCUT2D eigenvalue weighted by Crippen LogP contribution is -2.35. The van der Waals surface area contributed by atoms with Gasteiger partial charge in [-0.3, -0.25) is 14.6 Å². The van der Waals surface area contributed by atoms with E-state index < -0.39 is 0 Å². The van der Waals surface area contributed by atoms with Gasteiger partial charge in [0.25, 0.3) is 0 Å². The molecule has 2 aliphatic carbocycles. The predicted octanol–water partition coefficient (Wildman–Crippen LogP) is 8.66. The number of methoxy groups -OCH3 is 1. The highest BCUT2D eigenvalue weighted by Gasteiger charge is 2.32. The number of aromatic nitrogens is 2. The molecular weight excluding hydrogens is 697 g/mol. The molecule has 0 aromatic carbocycles. The molecule has 2 saturated carbocycles. The van der Waals surface area contributed by atoms with Crippen LogP contribution in [0.3, 0.4) is 0 Å². The number of morpholine rings is 1. The Balaban J connectivity index is 0.000000228. The summed E-state index contributed by atoms with van der Waals surface area (Å²) in [5.41, 5.74) is 3.60. The Kier molecular flexibility index (Phi) is 19.8.